The fourth-order valence-corrected chi connectivity index (χ4v) is 2.90. The van der Waals surface area contributed by atoms with Crippen LogP contribution >= 0.6 is 0 Å². The molecule has 2 aromatic carbocycles. The number of carbonyl (C=O) groups is 1. The second-order valence-corrected chi connectivity index (χ2v) is 6.05. The number of rotatable bonds is 4. The molecule has 0 bridgehead atoms. The molecule has 0 atom stereocenters. The Balaban J connectivity index is 1.46. The molecule has 3 aromatic heterocycles. The Labute approximate surface area is 158 Å². The molecule has 0 radical (unpaired) electrons. The third-order valence-electron chi connectivity index (χ3n) is 4.22. The molecule has 0 fully saturated rings. The van der Waals surface area contributed by atoms with Gasteiger partial charge in [0.15, 0.2) is 11.5 Å². The maximum atomic E-state index is 12.7. The SMILES string of the molecule is O=C(Nc1ccccc1-c1nc(-c2ccco2)no1)c1cc2ccccc2o1. The Morgan fingerprint density at radius 1 is 0.964 bits per heavy atom. The number of hydrogen-bond donors (Lipinski definition) is 1. The van der Waals surface area contributed by atoms with E-state index in [1.54, 1.807) is 30.3 Å². The van der Waals surface area contributed by atoms with Crippen LogP contribution in [0.5, 0.6) is 0 Å². The summed E-state index contributed by atoms with van der Waals surface area (Å²) >= 11 is 0. The van der Waals surface area contributed by atoms with Gasteiger partial charge in [0.1, 0.15) is 5.58 Å². The van der Waals surface area contributed by atoms with Crippen molar-refractivity contribution in [3.63, 3.8) is 0 Å². The van der Waals surface area contributed by atoms with Crippen molar-refractivity contribution in [3.8, 4) is 23.0 Å². The van der Waals surface area contributed by atoms with Crippen LogP contribution in [0.1, 0.15) is 10.6 Å². The average Bonchev–Trinajstić information content (AvgIpc) is 3.47. The maximum Gasteiger partial charge on any atom is 0.291 e. The van der Waals surface area contributed by atoms with Crippen molar-refractivity contribution < 1.29 is 18.2 Å². The molecule has 136 valence electrons. The number of furan rings is 2. The van der Waals surface area contributed by atoms with Gasteiger partial charge in [0.05, 0.1) is 17.5 Å². The summed E-state index contributed by atoms with van der Waals surface area (Å²) in [5, 5.41) is 7.64. The van der Waals surface area contributed by atoms with E-state index in [0.717, 1.165) is 5.39 Å². The Morgan fingerprint density at radius 2 is 1.82 bits per heavy atom. The number of fused-ring (bicyclic) bond motifs is 1. The Morgan fingerprint density at radius 3 is 2.68 bits per heavy atom. The third-order valence-corrected chi connectivity index (χ3v) is 4.22. The molecular formula is C21H13N3O4. The molecular weight excluding hydrogens is 358 g/mol. The molecule has 0 aliphatic rings. The van der Waals surface area contributed by atoms with Crippen molar-refractivity contribution in [2.75, 3.05) is 5.32 Å². The second-order valence-electron chi connectivity index (χ2n) is 6.05. The lowest BCUT2D eigenvalue weighted by atomic mass is 10.1. The van der Waals surface area contributed by atoms with Crippen LogP contribution in [0.25, 0.3) is 34.0 Å². The van der Waals surface area contributed by atoms with E-state index < -0.39 is 0 Å². The molecule has 5 rings (SSSR count). The number of amides is 1. The highest BCUT2D eigenvalue weighted by molar-refractivity contribution is 6.06. The molecule has 5 aromatic rings. The van der Waals surface area contributed by atoms with Gasteiger partial charge in [-0.15, -0.1) is 0 Å². The zero-order chi connectivity index (χ0) is 18.9. The fourth-order valence-electron chi connectivity index (χ4n) is 2.90. The number of aromatic nitrogens is 2. The second kappa shape index (κ2) is 6.55. The van der Waals surface area contributed by atoms with Gasteiger partial charge in [-0.1, -0.05) is 35.5 Å². The highest BCUT2D eigenvalue weighted by Crippen LogP contribution is 2.29. The Kier molecular flexibility index (Phi) is 3.76. The summed E-state index contributed by atoms with van der Waals surface area (Å²) in [6.45, 7) is 0. The number of nitrogens with one attached hydrogen (secondary N) is 1. The van der Waals surface area contributed by atoms with Gasteiger partial charge in [-0.05, 0) is 36.4 Å². The summed E-state index contributed by atoms with van der Waals surface area (Å²) in [6, 6.07) is 19.8. The number of nitrogens with zero attached hydrogens (tertiary/aromatic N) is 2. The van der Waals surface area contributed by atoms with Gasteiger partial charge in [-0.3, -0.25) is 4.79 Å². The first kappa shape index (κ1) is 16.1. The fraction of sp³-hybridized carbons (Fsp3) is 0. The summed E-state index contributed by atoms with van der Waals surface area (Å²) in [6.07, 6.45) is 1.53. The van der Waals surface area contributed by atoms with E-state index in [4.69, 9.17) is 13.4 Å². The minimum absolute atomic E-state index is 0.220. The van der Waals surface area contributed by atoms with E-state index in [2.05, 4.69) is 15.5 Å². The number of para-hydroxylation sites is 2. The molecule has 28 heavy (non-hydrogen) atoms. The minimum atomic E-state index is -0.366. The number of carbonyl (C=O) groups excluding carboxylic acids is 1. The van der Waals surface area contributed by atoms with Crippen molar-refractivity contribution in [1.29, 1.82) is 0 Å². The molecule has 0 aliphatic carbocycles. The summed E-state index contributed by atoms with van der Waals surface area (Å²) < 4.78 is 16.3. The third kappa shape index (κ3) is 2.84. The first-order valence-corrected chi connectivity index (χ1v) is 8.55. The zero-order valence-corrected chi connectivity index (χ0v) is 14.5. The van der Waals surface area contributed by atoms with Crippen LogP contribution in [0.4, 0.5) is 5.69 Å². The zero-order valence-electron chi connectivity index (χ0n) is 14.5. The highest BCUT2D eigenvalue weighted by atomic mass is 16.5. The van der Waals surface area contributed by atoms with E-state index in [0.29, 0.717) is 28.4 Å². The molecule has 0 spiro atoms. The van der Waals surface area contributed by atoms with Crippen LogP contribution in [0, 0.1) is 0 Å². The minimum Gasteiger partial charge on any atom is -0.461 e. The van der Waals surface area contributed by atoms with E-state index in [1.807, 2.05) is 36.4 Å². The van der Waals surface area contributed by atoms with E-state index in [1.165, 1.54) is 6.26 Å². The summed E-state index contributed by atoms with van der Waals surface area (Å²) in [5.41, 5.74) is 1.78. The van der Waals surface area contributed by atoms with Crippen LogP contribution in [-0.4, -0.2) is 16.0 Å². The summed E-state index contributed by atoms with van der Waals surface area (Å²) in [4.78, 5) is 17.0. The van der Waals surface area contributed by atoms with Crippen molar-refractivity contribution in [2.24, 2.45) is 0 Å². The first-order chi connectivity index (χ1) is 13.8. The summed E-state index contributed by atoms with van der Waals surface area (Å²) in [7, 11) is 0. The van der Waals surface area contributed by atoms with Crippen molar-refractivity contribution in [3.05, 3.63) is 78.8 Å². The lowest BCUT2D eigenvalue weighted by Crippen LogP contribution is -2.11. The predicted octanol–water partition coefficient (Wildman–Crippen LogP) is 5.00. The summed E-state index contributed by atoms with van der Waals surface area (Å²) in [5.74, 6) is 0.955. The van der Waals surface area contributed by atoms with Crippen molar-refractivity contribution >= 4 is 22.6 Å². The number of anilines is 1. The lowest BCUT2D eigenvalue weighted by Gasteiger charge is -2.06. The molecule has 0 saturated carbocycles. The Hall–Kier alpha value is -4.13. The molecule has 7 nitrogen and oxygen atoms in total. The number of benzene rings is 2. The number of hydrogen-bond acceptors (Lipinski definition) is 6. The molecule has 3 heterocycles. The molecule has 1 amide bonds. The molecule has 7 heteroatoms. The van der Waals surface area contributed by atoms with Gasteiger partial charge >= 0.3 is 0 Å². The smallest absolute Gasteiger partial charge is 0.291 e. The monoisotopic (exact) mass is 371 g/mol. The van der Waals surface area contributed by atoms with E-state index in [9.17, 15) is 4.79 Å². The van der Waals surface area contributed by atoms with Gasteiger partial charge in [0.25, 0.3) is 11.8 Å². The molecule has 1 N–H and O–H groups in total. The largest absolute Gasteiger partial charge is 0.461 e. The quantitative estimate of drug-likeness (QED) is 0.478. The average molecular weight is 371 g/mol. The van der Waals surface area contributed by atoms with Crippen molar-refractivity contribution in [1.82, 2.24) is 10.1 Å². The molecule has 0 saturated heterocycles. The standard InChI is InChI=1S/C21H13N3O4/c25-20(18-12-13-6-1-4-9-16(13)27-18)22-15-8-3-2-7-14(15)21-23-19(24-28-21)17-10-5-11-26-17/h1-12H,(H,22,25). The Bertz CT molecular complexity index is 1230. The van der Waals surface area contributed by atoms with Gasteiger partial charge in [-0.25, -0.2) is 0 Å². The van der Waals surface area contributed by atoms with Crippen molar-refractivity contribution in [2.45, 2.75) is 0 Å². The van der Waals surface area contributed by atoms with Gasteiger partial charge in [-0.2, -0.15) is 4.98 Å². The van der Waals surface area contributed by atoms with Gasteiger partial charge < -0.3 is 18.7 Å². The van der Waals surface area contributed by atoms with Crippen LogP contribution < -0.4 is 5.32 Å². The van der Waals surface area contributed by atoms with E-state index >= 15 is 0 Å². The van der Waals surface area contributed by atoms with Gasteiger partial charge in [0.2, 0.25) is 5.82 Å². The van der Waals surface area contributed by atoms with Crippen LogP contribution in [0.15, 0.2) is 86.4 Å². The first-order valence-electron chi connectivity index (χ1n) is 8.55. The van der Waals surface area contributed by atoms with Gasteiger partial charge in [0, 0.05) is 5.39 Å². The maximum absolute atomic E-state index is 12.7. The van der Waals surface area contributed by atoms with Crippen LogP contribution in [0.2, 0.25) is 0 Å². The highest BCUT2D eigenvalue weighted by Gasteiger charge is 2.18. The van der Waals surface area contributed by atoms with Crippen LogP contribution in [-0.2, 0) is 0 Å². The normalized spacial score (nSPS) is 11.0. The predicted molar refractivity (Wildman–Crippen MR) is 102 cm³/mol. The van der Waals surface area contributed by atoms with E-state index in [-0.39, 0.29) is 17.6 Å². The molecule has 0 aliphatic heterocycles. The topological polar surface area (TPSA) is 94.3 Å². The molecule has 0 unspecified atom stereocenters. The lowest BCUT2D eigenvalue weighted by molar-refractivity contribution is 0.0998. The van der Waals surface area contributed by atoms with Crippen LogP contribution in [0.3, 0.4) is 0 Å².